The molecule has 1 aliphatic heterocycles. The fourth-order valence-corrected chi connectivity index (χ4v) is 2.76. The minimum absolute atomic E-state index is 0.549. The maximum Gasteiger partial charge on any atom is 0.311 e. The van der Waals surface area contributed by atoms with Gasteiger partial charge < -0.3 is 10.0 Å². The Morgan fingerprint density at radius 3 is 3.06 bits per heavy atom. The fourth-order valence-electron chi connectivity index (χ4n) is 2.76. The lowest BCUT2D eigenvalue weighted by atomic mass is 9.76. The zero-order valence-corrected chi connectivity index (χ0v) is 10.7. The van der Waals surface area contributed by atoms with E-state index in [-0.39, 0.29) is 0 Å². The van der Waals surface area contributed by atoms with Gasteiger partial charge in [0.05, 0.1) is 5.41 Å². The molecule has 0 spiro atoms. The first-order chi connectivity index (χ1) is 8.68. The molecular formula is C13H19N3O2. The van der Waals surface area contributed by atoms with Gasteiger partial charge in [-0.05, 0) is 25.3 Å². The van der Waals surface area contributed by atoms with Crippen molar-refractivity contribution < 1.29 is 9.90 Å². The standard InChI is InChI=1S/C13H19N3O2/c1-2-5-13(12(17)18)6-3-8-16(9-13)11-4-7-14-10-15-11/h4,7,10H,2-3,5-6,8-9H2,1H3,(H,17,18). The van der Waals surface area contributed by atoms with Crippen LogP contribution in [-0.4, -0.2) is 34.1 Å². The molecule has 0 amide bonds. The average molecular weight is 249 g/mol. The van der Waals surface area contributed by atoms with Crippen molar-refractivity contribution in [1.82, 2.24) is 9.97 Å². The Morgan fingerprint density at radius 2 is 2.44 bits per heavy atom. The van der Waals surface area contributed by atoms with Crippen LogP contribution in [0.15, 0.2) is 18.6 Å². The molecule has 18 heavy (non-hydrogen) atoms. The van der Waals surface area contributed by atoms with E-state index in [0.29, 0.717) is 6.54 Å². The van der Waals surface area contributed by atoms with Gasteiger partial charge in [0.1, 0.15) is 12.1 Å². The summed E-state index contributed by atoms with van der Waals surface area (Å²) in [5.74, 6) is 0.148. The van der Waals surface area contributed by atoms with E-state index in [2.05, 4.69) is 14.9 Å². The predicted molar refractivity (Wildman–Crippen MR) is 68.5 cm³/mol. The number of aliphatic carboxylic acids is 1. The lowest BCUT2D eigenvalue weighted by Gasteiger charge is -2.40. The van der Waals surface area contributed by atoms with Gasteiger partial charge in [-0.15, -0.1) is 0 Å². The Kier molecular flexibility index (Phi) is 3.79. The van der Waals surface area contributed by atoms with Crippen LogP contribution >= 0.6 is 0 Å². The van der Waals surface area contributed by atoms with Crippen LogP contribution < -0.4 is 4.90 Å². The molecule has 1 aromatic heterocycles. The van der Waals surface area contributed by atoms with Crippen molar-refractivity contribution in [1.29, 1.82) is 0 Å². The van der Waals surface area contributed by atoms with Crippen molar-refractivity contribution in [2.24, 2.45) is 5.41 Å². The van der Waals surface area contributed by atoms with Gasteiger partial charge in [-0.1, -0.05) is 13.3 Å². The summed E-state index contributed by atoms with van der Waals surface area (Å²) in [6, 6.07) is 1.84. The molecule has 1 fully saturated rings. The molecule has 5 heteroatoms. The quantitative estimate of drug-likeness (QED) is 0.883. The lowest BCUT2D eigenvalue weighted by Crippen LogP contribution is -2.48. The highest BCUT2D eigenvalue weighted by Crippen LogP contribution is 2.36. The molecule has 0 aromatic carbocycles. The number of carbonyl (C=O) groups is 1. The Balaban J connectivity index is 2.19. The molecule has 0 aliphatic carbocycles. The molecule has 0 radical (unpaired) electrons. The van der Waals surface area contributed by atoms with Gasteiger partial charge in [-0.25, -0.2) is 9.97 Å². The molecule has 5 nitrogen and oxygen atoms in total. The molecule has 98 valence electrons. The number of hydrogen-bond acceptors (Lipinski definition) is 4. The Bertz CT molecular complexity index is 406. The van der Waals surface area contributed by atoms with Crippen molar-refractivity contribution >= 4 is 11.8 Å². The van der Waals surface area contributed by atoms with Crippen LogP contribution in [0.2, 0.25) is 0 Å². The zero-order valence-electron chi connectivity index (χ0n) is 10.7. The Labute approximate surface area is 107 Å². The summed E-state index contributed by atoms with van der Waals surface area (Å²) in [6.45, 7) is 3.46. The van der Waals surface area contributed by atoms with Crippen LogP contribution in [-0.2, 0) is 4.79 Å². The third kappa shape index (κ3) is 2.44. The maximum atomic E-state index is 11.6. The van der Waals surface area contributed by atoms with E-state index in [1.54, 1.807) is 6.20 Å². The highest BCUT2D eigenvalue weighted by atomic mass is 16.4. The minimum Gasteiger partial charge on any atom is -0.481 e. The van der Waals surface area contributed by atoms with E-state index in [1.165, 1.54) is 6.33 Å². The normalized spacial score (nSPS) is 23.9. The molecule has 1 N–H and O–H groups in total. The molecule has 1 atom stereocenters. The van der Waals surface area contributed by atoms with E-state index in [9.17, 15) is 9.90 Å². The highest BCUT2D eigenvalue weighted by molar-refractivity contribution is 5.76. The van der Waals surface area contributed by atoms with E-state index in [0.717, 1.165) is 38.0 Å². The first-order valence-electron chi connectivity index (χ1n) is 6.42. The summed E-state index contributed by atoms with van der Waals surface area (Å²) >= 11 is 0. The second-order valence-corrected chi connectivity index (χ2v) is 4.93. The number of aromatic nitrogens is 2. The van der Waals surface area contributed by atoms with Crippen molar-refractivity contribution in [3.8, 4) is 0 Å². The molecule has 2 rings (SSSR count). The summed E-state index contributed by atoms with van der Waals surface area (Å²) in [7, 11) is 0. The van der Waals surface area contributed by atoms with Crippen molar-refractivity contribution in [3.05, 3.63) is 18.6 Å². The summed E-state index contributed by atoms with van der Waals surface area (Å²) < 4.78 is 0. The second kappa shape index (κ2) is 5.33. The monoisotopic (exact) mass is 249 g/mol. The number of anilines is 1. The van der Waals surface area contributed by atoms with Gasteiger partial charge in [-0.3, -0.25) is 4.79 Å². The maximum absolute atomic E-state index is 11.6. The van der Waals surface area contributed by atoms with Gasteiger partial charge >= 0.3 is 5.97 Å². The summed E-state index contributed by atoms with van der Waals surface area (Å²) in [6.07, 6.45) is 6.48. The first-order valence-corrected chi connectivity index (χ1v) is 6.42. The van der Waals surface area contributed by atoms with E-state index in [4.69, 9.17) is 0 Å². The third-order valence-electron chi connectivity index (χ3n) is 3.65. The molecule has 1 aliphatic rings. The Hall–Kier alpha value is -1.65. The smallest absolute Gasteiger partial charge is 0.311 e. The van der Waals surface area contributed by atoms with Gasteiger partial charge in [0.25, 0.3) is 0 Å². The van der Waals surface area contributed by atoms with Gasteiger partial charge in [0.2, 0.25) is 0 Å². The molecule has 0 bridgehead atoms. The minimum atomic E-state index is -0.678. The van der Waals surface area contributed by atoms with Crippen molar-refractivity contribution in [2.45, 2.75) is 32.6 Å². The van der Waals surface area contributed by atoms with E-state index in [1.807, 2.05) is 13.0 Å². The second-order valence-electron chi connectivity index (χ2n) is 4.93. The summed E-state index contributed by atoms with van der Waals surface area (Å²) in [5, 5.41) is 9.53. The van der Waals surface area contributed by atoms with Crippen LogP contribution in [0.4, 0.5) is 5.82 Å². The average Bonchev–Trinajstić information content (AvgIpc) is 2.40. The molecule has 1 aromatic rings. The fraction of sp³-hybridized carbons (Fsp3) is 0.615. The van der Waals surface area contributed by atoms with Gasteiger partial charge in [-0.2, -0.15) is 0 Å². The number of rotatable bonds is 4. The highest BCUT2D eigenvalue weighted by Gasteiger charge is 2.41. The Morgan fingerprint density at radius 1 is 1.61 bits per heavy atom. The summed E-state index contributed by atoms with van der Waals surface area (Å²) in [4.78, 5) is 21.8. The number of carboxylic acids is 1. The molecule has 2 heterocycles. The number of piperidine rings is 1. The van der Waals surface area contributed by atoms with Crippen LogP contribution in [0.25, 0.3) is 0 Å². The third-order valence-corrected chi connectivity index (χ3v) is 3.65. The van der Waals surface area contributed by atoms with Crippen LogP contribution in [0.1, 0.15) is 32.6 Å². The largest absolute Gasteiger partial charge is 0.481 e. The number of nitrogens with zero attached hydrogens (tertiary/aromatic N) is 3. The van der Waals surface area contributed by atoms with Gasteiger partial charge in [0, 0.05) is 19.3 Å². The van der Waals surface area contributed by atoms with E-state index >= 15 is 0 Å². The van der Waals surface area contributed by atoms with Crippen LogP contribution in [0, 0.1) is 5.41 Å². The van der Waals surface area contributed by atoms with E-state index < -0.39 is 11.4 Å². The zero-order chi connectivity index (χ0) is 13.0. The van der Waals surface area contributed by atoms with Gasteiger partial charge in [0.15, 0.2) is 0 Å². The molecule has 0 saturated carbocycles. The number of carboxylic acid groups (broad SMARTS) is 1. The van der Waals surface area contributed by atoms with Crippen LogP contribution in [0.3, 0.4) is 0 Å². The van der Waals surface area contributed by atoms with Crippen molar-refractivity contribution in [2.75, 3.05) is 18.0 Å². The van der Waals surface area contributed by atoms with Crippen molar-refractivity contribution in [3.63, 3.8) is 0 Å². The predicted octanol–water partition coefficient (Wildman–Crippen LogP) is 1.95. The first kappa shape index (κ1) is 12.8. The molecule has 1 saturated heterocycles. The van der Waals surface area contributed by atoms with Crippen LogP contribution in [0.5, 0.6) is 0 Å². The topological polar surface area (TPSA) is 66.3 Å². The molecular weight excluding hydrogens is 230 g/mol. The summed E-state index contributed by atoms with van der Waals surface area (Å²) in [5.41, 5.74) is -0.613. The number of hydrogen-bond donors (Lipinski definition) is 1. The SMILES string of the molecule is CCCC1(C(=O)O)CCCN(c2ccncn2)C1. The molecule has 1 unspecified atom stereocenters. The lowest BCUT2D eigenvalue weighted by molar-refractivity contribution is -0.150.